The van der Waals surface area contributed by atoms with Crippen LogP contribution in [0.3, 0.4) is 0 Å². The number of benzene rings is 1. The molecule has 0 aliphatic carbocycles. The van der Waals surface area contributed by atoms with Crippen LogP contribution < -0.4 is 5.32 Å². The minimum absolute atomic E-state index is 0.529. The zero-order valence-corrected chi connectivity index (χ0v) is 13.1. The van der Waals surface area contributed by atoms with Crippen molar-refractivity contribution < 1.29 is 4.42 Å². The van der Waals surface area contributed by atoms with Crippen molar-refractivity contribution in [2.45, 2.75) is 6.42 Å². The van der Waals surface area contributed by atoms with Gasteiger partial charge in [0.2, 0.25) is 0 Å². The molecule has 0 saturated carbocycles. The third kappa shape index (κ3) is 4.17. The highest BCUT2D eigenvalue weighted by molar-refractivity contribution is 6.42. The average Bonchev–Trinajstić information content (AvgIpc) is 2.86. The minimum Gasteiger partial charge on any atom is -0.441 e. The van der Waals surface area contributed by atoms with Crippen LogP contribution in [0.2, 0.25) is 10.0 Å². The van der Waals surface area contributed by atoms with Gasteiger partial charge in [0.1, 0.15) is 5.76 Å². The zero-order chi connectivity index (χ0) is 14.5. The highest BCUT2D eigenvalue weighted by atomic mass is 35.5. The number of halogens is 2. The van der Waals surface area contributed by atoms with E-state index in [0.29, 0.717) is 10.0 Å². The number of nitrogens with zero attached hydrogens (tertiary/aromatic N) is 1. The molecule has 3 nitrogen and oxygen atoms in total. The second-order valence-electron chi connectivity index (χ2n) is 4.88. The van der Waals surface area contributed by atoms with Gasteiger partial charge >= 0.3 is 0 Å². The highest BCUT2D eigenvalue weighted by Crippen LogP contribution is 2.30. The van der Waals surface area contributed by atoms with E-state index >= 15 is 0 Å². The minimum atomic E-state index is 0.529. The Kier molecular flexibility index (Phi) is 5.35. The Labute approximate surface area is 129 Å². The molecule has 0 spiro atoms. The Balaban J connectivity index is 1.96. The quantitative estimate of drug-likeness (QED) is 0.789. The third-order valence-electron chi connectivity index (χ3n) is 2.89. The Morgan fingerprint density at radius 2 is 1.90 bits per heavy atom. The molecule has 2 aromatic rings. The van der Waals surface area contributed by atoms with E-state index in [9.17, 15) is 0 Å². The molecule has 0 amide bonds. The van der Waals surface area contributed by atoms with Gasteiger partial charge in [0.05, 0.1) is 10.0 Å². The van der Waals surface area contributed by atoms with E-state index < -0.39 is 0 Å². The molecule has 0 aliphatic heterocycles. The van der Waals surface area contributed by atoms with Gasteiger partial charge in [0.15, 0.2) is 5.88 Å². The fourth-order valence-electron chi connectivity index (χ4n) is 1.84. The van der Waals surface area contributed by atoms with Crippen molar-refractivity contribution in [3.63, 3.8) is 0 Å². The number of nitrogens with one attached hydrogen (secondary N) is 1. The van der Waals surface area contributed by atoms with Gasteiger partial charge in [0, 0.05) is 18.2 Å². The maximum atomic E-state index is 6.01. The number of anilines is 1. The van der Waals surface area contributed by atoms with Crippen molar-refractivity contribution in [3.05, 3.63) is 40.4 Å². The van der Waals surface area contributed by atoms with Crippen LogP contribution in [0.25, 0.3) is 11.3 Å². The molecule has 2 rings (SSSR count). The second-order valence-corrected chi connectivity index (χ2v) is 5.69. The fourth-order valence-corrected chi connectivity index (χ4v) is 2.14. The number of furan rings is 1. The molecule has 0 aliphatic rings. The molecule has 0 fully saturated rings. The first-order valence-corrected chi connectivity index (χ1v) is 7.26. The molecule has 0 bridgehead atoms. The molecule has 108 valence electrons. The van der Waals surface area contributed by atoms with E-state index in [4.69, 9.17) is 27.6 Å². The molecule has 0 radical (unpaired) electrons. The predicted molar refractivity (Wildman–Crippen MR) is 85.8 cm³/mol. The SMILES string of the molecule is CN(C)CCCNc1ccc(-c2ccc(Cl)c(Cl)c2)o1. The predicted octanol–water partition coefficient (Wildman–Crippen LogP) is 4.62. The average molecular weight is 313 g/mol. The molecular weight excluding hydrogens is 295 g/mol. The topological polar surface area (TPSA) is 28.4 Å². The van der Waals surface area contributed by atoms with E-state index in [1.807, 2.05) is 18.2 Å². The van der Waals surface area contributed by atoms with Crippen molar-refractivity contribution in [1.82, 2.24) is 4.90 Å². The Morgan fingerprint density at radius 1 is 1.10 bits per heavy atom. The van der Waals surface area contributed by atoms with Crippen LogP contribution in [-0.4, -0.2) is 32.1 Å². The van der Waals surface area contributed by atoms with E-state index in [1.165, 1.54) is 0 Å². The lowest BCUT2D eigenvalue weighted by molar-refractivity contribution is 0.404. The molecule has 1 aromatic heterocycles. The van der Waals surface area contributed by atoms with E-state index in [2.05, 4.69) is 24.3 Å². The number of rotatable bonds is 6. The molecule has 0 unspecified atom stereocenters. The lowest BCUT2D eigenvalue weighted by Gasteiger charge is -2.09. The summed E-state index contributed by atoms with van der Waals surface area (Å²) in [4.78, 5) is 2.16. The van der Waals surface area contributed by atoms with Crippen LogP contribution in [0.1, 0.15) is 6.42 Å². The van der Waals surface area contributed by atoms with Crippen molar-refractivity contribution in [3.8, 4) is 11.3 Å². The van der Waals surface area contributed by atoms with Gasteiger partial charge in [-0.25, -0.2) is 0 Å². The third-order valence-corrected chi connectivity index (χ3v) is 3.63. The largest absolute Gasteiger partial charge is 0.441 e. The molecule has 0 atom stereocenters. The van der Waals surface area contributed by atoms with Gasteiger partial charge in [-0.05, 0) is 51.3 Å². The molecule has 1 aromatic carbocycles. The summed E-state index contributed by atoms with van der Waals surface area (Å²) >= 11 is 11.9. The monoisotopic (exact) mass is 312 g/mol. The molecular formula is C15H18Cl2N2O. The summed E-state index contributed by atoms with van der Waals surface area (Å²) < 4.78 is 5.75. The molecule has 1 N–H and O–H groups in total. The van der Waals surface area contributed by atoms with Gasteiger partial charge in [0.25, 0.3) is 0 Å². The highest BCUT2D eigenvalue weighted by Gasteiger charge is 2.06. The lowest BCUT2D eigenvalue weighted by Crippen LogP contribution is -2.16. The van der Waals surface area contributed by atoms with E-state index in [0.717, 1.165) is 36.7 Å². The summed E-state index contributed by atoms with van der Waals surface area (Å²) in [5.74, 6) is 1.54. The summed E-state index contributed by atoms with van der Waals surface area (Å²) in [5, 5.41) is 4.34. The molecule has 20 heavy (non-hydrogen) atoms. The second kappa shape index (κ2) is 7.02. The summed E-state index contributed by atoms with van der Waals surface area (Å²) in [5.41, 5.74) is 0.917. The summed E-state index contributed by atoms with van der Waals surface area (Å²) in [6.45, 7) is 1.93. The van der Waals surface area contributed by atoms with Crippen molar-refractivity contribution in [1.29, 1.82) is 0 Å². The van der Waals surface area contributed by atoms with E-state index in [-0.39, 0.29) is 0 Å². The van der Waals surface area contributed by atoms with Crippen LogP contribution in [0.15, 0.2) is 34.7 Å². The van der Waals surface area contributed by atoms with Gasteiger partial charge in [-0.2, -0.15) is 0 Å². The van der Waals surface area contributed by atoms with Crippen molar-refractivity contribution in [2.75, 3.05) is 32.5 Å². The van der Waals surface area contributed by atoms with Gasteiger partial charge in [-0.15, -0.1) is 0 Å². The Hall–Kier alpha value is -1.16. The van der Waals surface area contributed by atoms with Crippen LogP contribution >= 0.6 is 23.2 Å². The van der Waals surface area contributed by atoms with Crippen LogP contribution in [0.4, 0.5) is 5.88 Å². The fraction of sp³-hybridized carbons (Fsp3) is 0.333. The first-order chi connectivity index (χ1) is 9.56. The lowest BCUT2D eigenvalue weighted by atomic mass is 10.2. The number of hydrogen-bond donors (Lipinski definition) is 1. The Morgan fingerprint density at radius 3 is 2.60 bits per heavy atom. The zero-order valence-electron chi connectivity index (χ0n) is 11.6. The van der Waals surface area contributed by atoms with Gasteiger partial charge < -0.3 is 14.6 Å². The summed E-state index contributed by atoms with van der Waals surface area (Å²) in [6, 6.07) is 9.31. The van der Waals surface area contributed by atoms with Crippen LogP contribution in [-0.2, 0) is 0 Å². The van der Waals surface area contributed by atoms with Gasteiger partial charge in [-0.3, -0.25) is 0 Å². The van der Waals surface area contributed by atoms with Crippen LogP contribution in [0.5, 0.6) is 0 Å². The molecule has 1 heterocycles. The Bertz CT molecular complexity index is 567. The molecule has 0 saturated heterocycles. The first-order valence-electron chi connectivity index (χ1n) is 6.50. The normalized spacial score (nSPS) is 11.1. The van der Waals surface area contributed by atoms with Crippen molar-refractivity contribution >= 4 is 29.1 Å². The summed E-state index contributed by atoms with van der Waals surface area (Å²) in [7, 11) is 4.13. The smallest absolute Gasteiger partial charge is 0.193 e. The standard InChI is InChI=1S/C15H18Cl2N2O/c1-19(2)9-3-8-18-15-7-6-14(20-15)11-4-5-12(16)13(17)10-11/h4-7,10,18H,3,8-9H2,1-2H3. The maximum Gasteiger partial charge on any atom is 0.193 e. The van der Waals surface area contributed by atoms with Crippen molar-refractivity contribution in [2.24, 2.45) is 0 Å². The first kappa shape index (κ1) is 15.2. The number of hydrogen-bond acceptors (Lipinski definition) is 3. The maximum absolute atomic E-state index is 6.01. The summed E-state index contributed by atoms with van der Waals surface area (Å²) in [6.07, 6.45) is 1.07. The van der Waals surface area contributed by atoms with E-state index in [1.54, 1.807) is 12.1 Å². The van der Waals surface area contributed by atoms with Crippen LogP contribution in [0, 0.1) is 0 Å². The molecule has 5 heteroatoms. The van der Waals surface area contributed by atoms with Gasteiger partial charge in [-0.1, -0.05) is 23.2 Å².